The fourth-order valence-electron chi connectivity index (χ4n) is 1.77. The Kier molecular flexibility index (Phi) is 5.56. The molecule has 0 aromatic heterocycles. The summed E-state index contributed by atoms with van der Waals surface area (Å²) in [6.45, 7) is 4.02. The summed E-state index contributed by atoms with van der Waals surface area (Å²) in [6, 6.07) is 4.85. The predicted octanol–water partition coefficient (Wildman–Crippen LogP) is 3.69. The van der Waals surface area contributed by atoms with Crippen molar-refractivity contribution in [3.8, 4) is 5.75 Å². The second-order valence-corrected chi connectivity index (χ2v) is 4.09. The number of ether oxygens (including phenoxy) is 1. The molecule has 0 heterocycles. The molecule has 2 nitrogen and oxygen atoms in total. The summed E-state index contributed by atoms with van der Waals surface area (Å²) in [5, 5.41) is 0. The van der Waals surface area contributed by atoms with E-state index in [0.29, 0.717) is 5.56 Å². The van der Waals surface area contributed by atoms with E-state index in [9.17, 15) is 9.18 Å². The van der Waals surface area contributed by atoms with Crippen LogP contribution in [0.15, 0.2) is 29.8 Å². The molecule has 1 aromatic rings. The van der Waals surface area contributed by atoms with Gasteiger partial charge < -0.3 is 4.74 Å². The molecule has 3 heteroatoms. The average molecular weight is 250 g/mol. The van der Waals surface area contributed by atoms with E-state index >= 15 is 0 Å². The largest absolute Gasteiger partial charge is 0.494 e. The van der Waals surface area contributed by atoms with Gasteiger partial charge in [-0.3, -0.25) is 4.79 Å². The third kappa shape index (κ3) is 3.69. The maximum absolute atomic E-state index is 13.8. The normalized spacial score (nSPS) is 10.0. The molecule has 1 aromatic carbocycles. The molecule has 0 saturated heterocycles. The van der Waals surface area contributed by atoms with Crippen LogP contribution in [0.2, 0.25) is 0 Å². The van der Waals surface area contributed by atoms with Crippen LogP contribution in [0.3, 0.4) is 0 Å². The molecule has 0 radical (unpaired) electrons. The summed E-state index contributed by atoms with van der Waals surface area (Å²) in [5.41, 5.74) is 1.46. The number of allylic oxidation sites excluding steroid dienone is 2. The maximum Gasteiger partial charge on any atom is 0.168 e. The average Bonchev–Trinajstić information content (AvgIpc) is 2.38. The third-order valence-corrected chi connectivity index (χ3v) is 2.90. The third-order valence-electron chi connectivity index (χ3n) is 2.90. The van der Waals surface area contributed by atoms with Crippen molar-refractivity contribution >= 4 is 5.78 Å². The number of methoxy groups -OCH3 is 1. The summed E-state index contributed by atoms with van der Waals surface area (Å²) in [5.74, 6) is -0.340. The van der Waals surface area contributed by atoms with E-state index in [1.165, 1.54) is 7.11 Å². The minimum atomic E-state index is -0.448. The van der Waals surface area contributed by atoms with Crippen molar-refractivity contribution in [2.75, 3.05) is 7.11 Å². The van der Waals surface area contributed by atoms with Gasteiger partial charge in [0, 0.05) is 6.42 Å². The zero-order chi connectivity index (χ0) is 13.5. The standard InChI is InChI=1S/C15H19FO2/c1-4-11(5-2)9-13(17)10-12-7-6-8-14(18-3)15(12)16/h6-9H,4-5,10H2,1-3H3. The van der Waals surface area contributed by atoms with Crippen LogP contribution in [0.25, 0.3) is 0 Å². The van der Waals surface area contributed by atoms with E-state index in [2.05, 4.69) is 0 Å². The zero-order valence-corrected chi connectivity index (χ0v) is 11.1. The van der Waals surface area contributed by atoms with Crippen LogP contribution >= 0.6 is 0 Å². The monoisotopic (exact) mass is 250 g/mol. The highest BCUT2D eigenvalue weighted by Crippen LogP contribution is 2.20. The predicted molar refractivity (Wildman–Crippen MR) is 70.3 cm³/mol. The lowest BCUT2D eigenvalue weighted by Crippen LogP contribution is -2.03. The van der Waals surface area contributed by atoms with Crippen molar-refractivity contribution in [1.29, 1.82) is 0 Å². The molecule has 1 rings (SSSR count). The van der Waals surface area contributed by atoms with Gasteiger partial charge in [-0.1, -0.05) is 31.6 Å². The van der Waals surface area contributed by atoms with Crippen LogP contribution in [0.4, 0.5) is 4.39 Å². The minimum Gasteiger partial charge on any atom is -0.494 e. The molecule has 0 fully saturated rings. The Morgan fingerprint density at radius 2 is 2.00 bits per heavy atom. The minimum absolute atomic E-state index is 0.0687. The van der Waals surface area contributed by atoms with Crippen LogP contribution < -0.4 is 4.74 Å². The Hall–Kier alpha value is -1.64. The summed E-state index contributed by atoms with van der Waals surface area (Å²) < 4.78 is 18.7. The van der Waals surface area contributed by atoms with Crippen molar-refractivity contribution in [3.63, 3.8) is 0 Å². The highest BCUT2D eigenvalue weighted by Gasteiger charge is 2.11. The van der Waals surface area contributed by atoms with E-state index < -0.39 is 5.82 Å². The van der Waals surface area contributed by atoms with Gasteiger partial charge in [-0.2, -0.15) is 0 Å². The van der Waals surface area contributed by atoms with Gasteiger partial charge in [0.15, 0.2) is 17.3 Å². The molecule has 18 heavy (non-hydrogen) atoms. The molecule has 0 aliphatic heterocycles. The van der Waals surface area contributed by atoms with Gasteiger partial charge >= 0.3 is 0 Å². The van der Waals surface area contributed by atoms with Gasteiger partial charge in [0.25, 0.3) is 0 Å². The van der Waals surface area contributed by atoms with E-state index in [1.54, 1.807) is 24.3 Å². The Bertz CT molecular complexity index is 444. The van der Waals surface area contributed by atoms with E-state index in [4.69, 9.17) is 4.74 Å². The number of rotatable bonds is 6. The summed E-state index contributed by atoms with van der Waals surface area (Å²) in [6.07, 6.45) is 3.40. The second-order valence-electron chi connectivity index (χ2n) is 4.09. The summed E-state index contributed by atoms with van der Waals surface area (Å²) in [7, 11) is 1.41. The van der Waals surface area contributed by atoms with Crippen molar-refractivity contribution in [3.05, 3.63) is 41.2 Å². The number of carbonyl (C=O) groups is 1. The lowest BCUT2D eigenvalue weighted by atomic mass is 10.0. The van der Waals surface area contributed by atoms with Gasteiger partial charge in [0.2, 0.25) is 0 Å². The molecule has 0 amide bonds. The number of benzene rings is 1. The molecular weight excluding hydrogens is 231 g/mol. The van der Waals surface area contributed by atoms with E-state index in [0.717, 1.165) is 18.4 Å². The Labute approximate surface area is 107 Å². The van der Waals surface area contributed by atoms with E-state index in [-0.39, 0.29) is 18.0 Å². The Morgan fingerprint density at radius 1 is 1.33 bits per heavy atom. The second kappa shape index (κ2) is 6.94. The van der Waals surface area contributed by atoms with Gasteiger partial charge in [-0.25, -0.2) is 4.39 Å². The topological polar surface area (TPSA) is 26.3 Å². The van der Waals surface area contributed by atoms with Gasteiger partial charge in [-0.15, -0.1) is 0 Å². The highest BCUT2D eigenvalue weighted by atomic mass is 19.1. The van der Waals surface area contributed by atoms with Crippen molar-refractivity contribution < 1.29 is 13.9 Å². The SMILES string of the molecule is CCC(=CC(=O)Cc1cccc(OC)c1F)CC. The molecular formula is C15H19FO2. The van der Waals surface area contributed by atoms with Gasteiger partial charge in [-0.05, 0) is 30.5 Å². The first-order valence-corrected chi connectivity index (χ1v) is 6.16. The lowest BCUT2D eigenvalue weighted by Gasteiger charge is -2.06. The molecule has 0 unspecified atom stereocenters. The van der Waals surface area contributed by atoms with Gasteiger partial charge in [0.05, 0.1) is 7.11 Å². The molecule has 0 bridgehead atoms. The first-order valence-electron chi connectivity index (χ1n) is 6.16. The van der Waals surface area contributed by atoms with Gasteiger partial charge in [0.1, 0.15) is 0 Å². The molecule has 0 aliphatic rings. The van der Waals surface area contributed by atoms with Crippen LogP contribution in [0.1, 0.15) is 32.3 Å². The van der Waals surface area contributed by atoms with Crippen molar-refractivity contribution in [2.24, 2.45) is 0 Å². The van der Waals surface area contributed by atoms with Crippen LogP contribution in [0, 0.1) is 5.82 Å². The fourth-order valence-corrected chi connectivity index (χ4v) is 1.77. The first kappa shape index (κ1) is 14.4. The smallest absolute Gasteiger partial charge is 0.168 e. The van der Waals surface area contributed by atoms with Crippen molar-refractivity contribution in [2.45, 2.75) is 33.1 Å². The molecule has 0 aliphatic carbocycles. The Balaban J connectivity index is 2.85. The quantitative estimate of drug-likeness (QED) is 0.720. The summed E-state index contributed by atoms with van der Waals surface area (Å²) >= 11 is 0. The first-order chi connectivity index (χ1) is 8.62. The van der Waals surface area contributed by atoms with E-state index in [1.807, 2.05) is 13.8 Å². The molecule has 98 valence electrons. The summed E-state index contributed by atoms with van der Waals surface area (Å²) in [4.78, 5) is 11.8. The number of ketones is 1. The lowest BCUT2D eigenvalue weighted by molar-refractivity contribution is -0.114. The molecule has 0 spiro atoms. The zero-order valence-electron chi connectivity index (χ0n) is 11.1. The number of carbonyl (C=O) groups excluding carboxylic acids is 1. The molecule has 0 atom stereocenters. The highest BCUT2D eigenvalue weighted by molar-refractivity contribution is 5.92. The van der Waals surface area contributed by atoms with Crippen LogP contribution in [-0.2, 0) is 11.2 Å². The number of halogens is 1. The van der Waals surface area contributed by atoms with Crippen LogP contribution in [-0.4, -0.2) is 12.9 Å². The molecule has 0 saturated carbocycles. The number of hydrogen-bond acceptors (Lipinski definition) is 2. The Morgan fingerprint density at radius 3 is 2.56 bits per heavy atom. The number of hydrogen-bond donors (Lipinski definition) is 0. The maximum atomic E-state index is 13.8. The fraction of sp³-hybridized carbons (Fsp3) is 0.400. The van der Waals surface area contributed by atoms with Crippen molar-refractivity contribution in [1.82, 2.24) is 0 Å². The molecule has 0 N–H and O–H groups in total. The van der Waals surface area contributed by atoms with Crippen LogP contribution in [0.5, 0.6) is 5.75 Å².